The molecular weight excluding hydrogens is 464 g/mol. The first-order valence-electron chi connectivity index (χ1n) is 9.52. The van der Waals surface area contributed by atoms with E-state index in [-0.39, 0.29) is 57.7 Å². The van der Waals surface area contributed by atoms with Crippen LogP contribution >= 0.6 is 0 Å². The van der Waals surface area contributed by atoms with Crippen molar-refractivity contribution in [3.8, 4) is 40.1 Å². The number of aromatic hydroxyl groups is 4. The summed E-state index contributed by atoms with van der Waals surface area (Å²) < 4.78 is 16.2. The van der Waals surface area contributed by atoms with Gasteiger partial charge in [-0.15, -0.1) is 0 Å². The van der Waals surface area contributed by atoms with Crippen LogP contribution in [-0.2, 0) is 4.74 Å². The largest absolute Gasteiger partial charge is 1.00 e. The zero-order chi connectivity index (χ0) is 23.2. The van der Waals surface area contributed by atoms with E-state index in [1.807, 2.05) is 0 Å². The van der Waals surface area contributed by atoms with Gasteiger partial charge in [-0.1, -0.05) is 0 Å². The Bertz CT molecular complexity index is 1150. The molecule has 3 aromatic rings. The van der Waals surface area contributed by atoms with Crippen molar-refractivity contribution < 1.29 is 67.2 Å². The van der Waals surface area contributed by atoms with Gasteiger partial charge >= 0.3 is 11.3 Å². The van der Waals surface area contributed by atoms with Crippen LogP contribution in [0.5, 0.6) is 28.7 Å². The minimum Gasteiger partial charge on any atom is -1.00 e. The van der Waals surface area contributed by atoms with Crippen LogP contribution < -0.4 is 17.1 Å². The number of halogens is 1. The van der Waals surface area contributed by atoms with Gasteiger partial charge in [0.25, 0.3) is 0 Å². The van der Waals surface area contributed by atoms with Crippen molar-refractivity contribution in [2.75, 3.05) is 6.61 Å². The second kappa shape index (κ2) is 9.43. The highest BCUT2D eigenvalue weighted by atomic mass is 35.5. The molecule has 1 fully saturated rings. The lowest BCUT2D eigenvalue weighted by molar-refractivity contribution is -0.280. The second-order valence-corrected chi connectivity index (χ2v) is 7.33. The van der Waals surface area contributed by atoms with E-state index in [0.29, 0.717) is 0 Å². The normalized spacial score (nSPS) is 24.9. The van der Waals surface area contributed by atoms with Crippen LogP contribution in [-0.4, -0.2) is 78.2 Å². The number of rotatable bonds is 4. The van der Waals surface area contributed by atoms with Crippen molar-refractivity contribution in [2.45, 2.75) is 30.7 Å². The molecule has 0 radical (unpaired) electrons. The maximum absolute atomic E-state index is 10.3. The van der Waals surface area contributed by atoms with Gasteiger partial charge < -0.3 is 62.7 Å². The van der Waals surface area contributed by atoms with Crippen molar-refractivity contribution in [2.24, 2.45) is 0 Å². The van der Waals surface area contributed by atoms with Gasteiger partial charge in [-0.05, 0) is 12.1 Å². The number of fused-ring (bicyclic) bond motifs is 1. The van der Waals surface area contributed by atoms with E-state index >= 15 is 0 Å². The standard InChI is InChI=1S/C21H20O11.ClH/c22-7-16-17(27)18(28)20(21(29)32-16)30-9-4-12(24)10-6-14(26)19(31-15(10)5-9)8-1-2-11(23)13(25)3-8;/h1-6,16-18,20-22,27-29H,7H2,(H3-,23,24,25,26);1H/t16-,17-,18+,20-,21-;/m1./s1. The van der Waals surface area contributed by atoms with E-state index in [1.165, 1.54) is 30.3 Å². The number of ether oxygens (including phenoxy) is 2. The van der Waals surface area contributed by atoms with Crippen LogP contribution in [0.3, 0.4) is 0 Å². The van der Waals surface area contributed by atoms with Gasteiger partial charge in [0.05, 0.1) is 18.2 Å². The van der Waals surface area contributed by atoms with E-state index in [9.17, 15) is 35.7 Å². The van der Waals surface area contributed by atoms with Crippen LogP contribution in [0.25, 0.3) is 22.3 Å². The van der Waals surface area contributed by atoms with Gasteiger partial charge in [0.15, 0.2) is 23.9 Å². The number of aliphatic hydroxyl groups excluding tert-OH is 4. The lowest BCUT2D eigenvalue weighted by Gasteiger charge is -2.39. The Morgan fingerprint density at radius 1 is 0.848 bits per heavy atom. The van der Waals surface area contributed by atoms with Gasteiger partial charge in [-0.3, -0.25) is 0 Å². The SMILES string of the molecule is OC[C@H]1O[C@@H](O)[C@H](Oc2cc(O)c3cc(O)c(-c4ccc(O)c(O)c4)[o+]c3c2)[C@@H](O)[C@@H]1O.[Cl-]. The highest BCUT2D eigenvalue weighted by Gasteiger charge is 2.45. The van der Waals surface area contributed by atoms with Crippen LogP contribution in [0.1, 0.15) is 0 Å². The Labute approximate surface area is 192 Å². The molecule has 1 aromatic heterocycles. The first-order valence-corrected chi connectivity index (χ1v) is 9.52. The smallest absolute Gasteiger partial charge is 0.402 e. The summed E-state index contributed by atoms with van der Waals surface area (Å²) in [6, 6.07) is 7.45. The average Bonchev–Trinajstić information content (AvgIpc) is 2.76. The summed E-state index contributed by atoms with van der Waals surface area (Å²) in [6.07, 6.45) is -7.48. The molecule has 11 nitrogen and oxygen atoms in total. The third-order valence-corrected chi connectivity index (χ3v) is 5.17. The summed E-state index contributed by atoms with van der Waals surface area (Å²) in [5.74, 6) is -1.64. The summed E-state index contributed by atoms with van der Waals surface area (Å²) >= 11 is 0. The fraction of sp³-hybridized carbons (Fsp3) is 0.286. The van der Waals surface area contributed by atoms with Crippen LogP contribution in [0.4, 0.5) is 0 Å². The molecule has 4 rings (SSSR count). The molecule has 0 unspecified atom stereocenters. The molecule has 2 heterocycles. The number of benzene rings is 2. The summed E-state index contributed by atoms with van der Waals surface area (Å²) in [4.78, 5) is 0. The number of aliphatic hydroxyl groups is 4. The van der Waals surface area contributed by atoms with Crippen molar-refractivity contribution in [1.29, 1.82) is 0 Å². The van der Waals surface area contributed by atoms with Gasteiger partial charge in [0.2, 0.25) is 5.75 Å². The number of phenolic OH excluding ortho intramolecular Hbond substituents is 3. The molecule has 8 N–H and O–H groups in total. The van der Waals surface area contributed by atoms with Crippen molar-refractivity contribution in [1.82, 2.24) is 0 Å². The summed E-state index contributed by atoms with van der Waals surface area (Å²) in [5, 5.41) is 79.5. The van der Waals surface area contributed by atoms with E-state index in [0.717, 1.165) is 6.07 Å². The van der Waals surface area contributed by atoms with Crippen LogP contribution in [0.15, 0.2) is 40.8 Å². The molecule has 178 valence electrons. The molecular formula is C21H21ClO11. The number of hydrogen-bond acceptors (Lipinski definition) is 10. The number of phenols is 3. The fourth-order valence-electron chi connectivity index (χ4n) is 3.48. The van der Waals surface area contributed by atoms with E-state index in [1.54, 1.807) is 0 Å². The fourth-order valence-corrected chi connectivity index (χ4v) is 3.48. The lowest BCUT2D eigenvalue weighted by atomic mass is 9.99. The molecule has 33 heavy (non-hydrogen) atoms. The van der Waals surface area contributed by atoms with Gasteiger partial charge in [-0.2, -0.15) is 0 Å². The lowest BCUT2D eigenvalue weighted by Crippen LogP contribution is -3.00. The third kappa shape index (κ3) is 4.55. The Morgan fingerprint density at radius 3 is 2.24 bits per heavy atom. The molecule has 5 atom stereocenters. The summed E-state index contributed by atoms with van der Waals surface area (Å²) in [7, 11) is 0. The monoisotopic (exact) mass is 484 g/mol. The second-order valence-electron chi connectivity index (χ2n) is 7.33. The van der Waals surface area contributed by atoms with Crippen molar-refractivity contribution >= 4 is 11.0 Å². The van der Waals surface area contributed by atoms with Gasteiger partial charge in [0, 0.05) is 18.2 Å². The average molecular weight is 485 g/mol. The Kier molecular flexibility index (Phi) is 7.03. The first kappa shape index (κ1) is 24.6. The molecule has 2 aromatic carbocycles. The van der Waals surface area contributed by atoms with E-state index in [4.69, 9.17) is 19.0 Å². The summed E-state index contributed by atoms with van der Waals surface area (Å²) in [6.45, 7) is -0.628. The third-order valence-electron chi connectivity index (χ3n) is 5.17. The Balaban J connectivity index is 0.00000306. The van der Waals surface area contributed by atoms with Gasteiger partial charge in [-0.25, -0.2) is 4.42 Å². The van der Waals surface area contributed by atoms with Crippen molar-refractivity contribution in [3.05, 3.63) is 36.4 Å². The molecule has 12 heteroatoms. The van der Waals surface area contributed by atoms with Crippen molar-refractivity contribution in [3.63, 3.8) is 0 Å². The molecule has 0 amide bonds. The minimum atomic E-state index is -1.68. The zero-order valence-corrected chi connectivity index (χ0v) is 17.5. The predicted octanol–water partition coefficient (Wildman–Crippen LogP) is -2.61. The maximum atomic E-state index is 10.3. The zero-order valence-electron chi connectivity index (χ0n) is 16.7. The quantitative estimate of drug-likeness (QED) is 0.143. The molecule has 0 aliphatic carbocycles. The van der Waals surface area contributed by atoms with Crippen LogP contribution in [0, 0.1) is 0 Å². The number of hydrogen-bond donors (Lipinski definition) is 8. The summed E-state index contributed by atoms with van der Waals surface area (Å²) in [5.41, 5.74) is 0.269. The highest BCUT2D eigenvalue weighted by Crippen LogP contribution is 2.41. The Hall–Kier alpha value is -3.06. The maximum Gasteiger partial charge on any atom is 0.402 e. The highest BCUT2D eigenvalue weighted by molar-refractivity contribution is 5.88. The minimum absolute atomic E-state index is 0. The van der Waals surface area contributed by atoms with Crippen LogP contribution in [0.2, 0.25) is 0 Å². The molecule has 1 aliphatic heterocycles. The molecule has 0 saturated carbocycles. The molecule has 0 spiro atoms. The molecule has 1 aliphatic rings. The van der Waals surface area contributed by atoms with Gasteiger partial charge in [0.1, 0.15) is 35.2 Å². The first-order chi connectivity index (χ1) is 15.2. The molecule has 0 bridgehead atoms. The van der Waals surface area contributed by atoms with E-state index < -0.39 is 43.1 Å². The predicted molar refractivity (Wildman–Crippen MR) is 107 cm³/mol. The molecule has 1 saturated heterocycles. The Morgan fingerprint density at radius 2 is 1.58 bits per heavy atom. The van der Waals surface area contributed by atoms with E-state index in [2.05, 4.69) is 0 Å². The topological polar surface area (TPSA) is 192 Å².